The molecule has 2 unspecified atom stereocenters. The molecule has 0 spiro atoms. The van der Waals surface area contributed by atoms with Gasteiger partial charge in [-0.25, -0.2) is 0 Å². The first-order valence-electron chi connectivity index (χ1n) is 5.21. The molecule has 0 bridgehead atoms. The maximum atomic E-state index is 9.30. The van der Waals surface area contributed by atoms with Gasteiger partial charge < -0.3 is 16.2 Å². The molecule has 3 heteroatoms. The van der Waals surface area contributed by atoms with Crippen LogP contribution in [0.15, 0.2) is 0 Å². The molecule has 0 aliphatic carbocycles. The largest absolute Gasteiger partial charge is 0.390 e. The third-order valence-electron chi connectivity index (χ3n) is 2.62. The van der Waals surface area contributed by atoms with E-state index in [4.69, 9.17) is 5.73 Å². The molecule has 0 saturated carbocycles. The molecule has 0 fully saturated rings. The second-order valence-corrected chi connectivity index (χ2v) is 3.93. The maximum absolute atomic E-state index is 9.30. The van der Waals surface area contributed by atoms with Gasteiger partial charge in [0.1, 0.15) is 0 Å². The SMILES string of the molecule is CCCC(C)(CC)NCC(O)CN. The van der Waals surface area contributed by atoms with Crippen LogP contribution in [0.3, 0.4) is 0 Å². The van der Waals surface area contributed by atoms with E-state index < -0.39 is 6.10 Å². The van der Waals surface area contributed by atoms with Gasteiger partial charge in [0.25, 0.3) is 0 Å². The van der Waals surface area contributed by atoms with Gasteiger partial charge in [-0.3, -0.25) is 0 Å². The number of β-amino-alcohol motifs (C(OH)–C–C–N with tert-alkyl or cyclic N) is 1. The molecule has 13 heavy (non-hydrogen) atoms. The summed E-state index contributed by atoms with van der Waals surface area (Å²) in [5.74, 6) is 0. The minimum atomic E-state index is -0.414. The fraction of sp³-hybridized carbons (Fsp3) is 1.00. The topological polar surface area (TPSA) is 58.3 Å². The van der Waals surface area contributed by atoms with Crippen molar-refractivity contribution in [1.29, 1.82) is 0 Å². The molecule has 0 rings (SSSR count). The van der Waals surface area contributed by atoms with Crippen LogP contribution in [0.2, 0.25) is 0 Å². The van der Waals surface area contributed by atoms with Crippen molar-refractivity contribution in [2.75, 3.05) is 13.1 Å². The van der Waals surface area contributed by atoms with E-state index in [1.165, 1.54) is 0 Å². The molecule has 0 aromatic heterocycles. The van der Waals surface area contributed by atoms with E-state index in [9.17, 15) is 5.11 Å². The highest BCUT2D eigenvalue weighted by Crippen LogP contribution is 2.15. The molecule has 3 nitrogen and oxygen atoms in total. The first-order chi connectivity index (χ1) is 6.08. The lowest BCUT2D eigenvalue weighted by molar-refractivity contribution is 0.159. The third-order valence-corrected chi connectivity index (χ3v) is 2.62. The molecule has 2 atom stereocenters. The van der Waals surface area contributed by atoms with Crippen molar-refractivity contribution in [2.45, 2.75) is 51.7 Å². The van der Waals surface area contributed by atoms with Crippen molar-refractivity contribution in [2.24, 2.45) is 5.73 Å². The molecule has 0 aromatic rings. The van der Waals surface area contributed by atoms with Gasteiger partial charge in [-0.15, -0.1) is 0 Å². The van der Waals surface area contributed by atoms with Crippen molar-refractivity contribution in [3.05, 3.63) is 0 Å². The van der Waals surface area contributed by atoms with Crippen molar-refractivity contribution in [3.8, 4) is 0 Å². The second-order valence-electron chi connectivity index (χ2n) is 3.93. The van der Waals surface area contributed by atoms with Crippen LogP contribution < -0.4 is 11.1 Å². The van der Waals surface area contributed by atoms with Gasteiger partial charge >= 0.3 is 0 Å². The Balaban J connectivity index is 3.82. The molecule has 0 aliphatic rings. The summed E-state index contributed by atoms with van der Waals surface area (Å²) in [5, 5.41) is 12.7. The zero-order chi connectivity index (χ0) is 10.3. The Labute approximate surface area is 81.7 Å². The van der Waals surface area contributed by atoms with Crippen LogP contribution >= 0.6 is 0 Å². The highest BCUT2D eigenvalue weighted by atomic mass is 16.3. The lowest BCUT2D eigenvalue weighted by atomic mass is 9.93. The Bertz CT molecular complexity index is 130. The molecule has 0 aliphatic heterocycles. The van der Waals surface area contributed by atoms with Crippen LogP contribution in [-0.2, 0) is 0 Å². The lowest BCUT2D eigenvalue weighted by Gasteiger charge is -2.30. The normalized spacial score (nSPS) is 18.2. The Hall–Kier alpha value is -0.120. The number of nitrogens with two attached hydrogens (primary N) is 1. The number of aliphatic hydroxyl groups is 1. The van der Waals surface area contributed by atoms with E-state index in [0.29, 0.717) is 13.1 Å². The third kappa shape index (κ3) is 5.24. The Morgan fingerprint density at radius 3 is 2.46 bits per heavy atom. The first kappa shape index (κ1) is 12.9. The number of hydrogen-bond acceptors (Lipinski definition) is 3. The van der Waals surface area contributed by atoms with Gasteiger partial charge in [0, 0.05) is 18.6 Å². The molecule has 0 heterocycles. The molecule has 0 amide bonds. The fourth-order valence-electron chi connectivity index (χ4n) is 1.39. The minimum Gasteiger partial charge on any atom is -0.390 e. The molecule has 0 radical (unpaired) electrons. The smallest absolute Gasteiger partial charge is 0.0786 e. The molecule has 0 aromatic carbocycles. The summed E-state index contributed by atoms with van der Waals surface area (Å²) < 4.78 is 0. The number of hydrogen-bond donors (Lipinski definition) is 3. The van der Waals surface area contributed by atoms with Crippen LogP contribution in [0.5, 0.6) is 0 Å². The Morgan fingerprint density at radius 1 is 1.46 bits per heavy atom. The summed E-state index contributed by atoms with van der Waals surface area (Å²) in [7, 11) is 0. The van der Waals surface area contributed by atoms with E-state index >= 15 is 0 Å². The standard InChI is InChI=1S/C10H24N2O/c1-4-6-10(3,5-2)12-8-9(13)7-11/h9,12-13H,4-8,11H2,1-3H3. The summed E-state index contributed by atoms with van der Waals surface area (Å²) in [6.07, 6.45) is 2.97. The van der Waals surface area contributed by atoms with Gasteiger partial charge in [-0.2, -0.15) is 0 Å². The molecule has 80 valence electrons. The Morgan fingerprint density at radius 2 is 2.08 bits per heavy atom. The first-order valence-corrected chi connectivity index (χ1v) is 5.21. The monoisotopic (exact) mass is 188 g/mol. The number of rotatable bonds is 7. The van der Waals surface area contributed by atoms with Crippen molar-refractivity contribution >= 4 is 0 Å². The van der Waals surface area contributed by atoms with Gasteiger partial charge in [-0.05, 0) is 19.8 Å². The second kappa shape index (κ2) is 6.35. The van der Waals surface area contributed by atoms with E-state index in [-0.39, 0.29) is 5.54 Å². The summed E-state index contributed by atoms with van der Waals surface area (Å²) in [6, 6.07) is 0. The van der Waals surface area contributed by atoms with Crippen molar-refractivity contribution in [3.63, 3.8) is 0 Å². The van der Waals surface area contributed by atoms with E-state index in [1.54, 1.807) is 0 Å². The average Bonchev–Trinajstić information content (AvgIpc) is 2.15. The average molecular weight is 188 g/mol. The number of aliphatic hydroxyl groups excluding tert-OH is 1. The lowest BCUT2D eigenvalue weighted by Crippen LogP contribution is -2.46. The van der Waals surface area contributed by atoms with Crippen LogP contribution in [0.25, 0.3) is 0 Å². The minimum absolute atomic E-state index is 0.158. The van der Waals surface area contributed by atoms with Crippen molar-refractivity contribution < 1.29 is 5.11 Å². The van der Waals surface area contributed by atoms with E-state index in [1.807, 2.05) is 0 Å². The van der Waals surface area contributed by atoms with Gasteiger partial charge in [0.05, 0.1) is 6.10 Å². The summed E-state index contributed by atoms with van der Waals surface area (Å²) in [6.45, 7) is 7.46. The van der Waals surface area contributed by atoms with Crippen LogP contribution in [0.1, 0.15) is 40.0 Å². The van der Waals surface area contributed by atoms with Crippen LogP contribution in [0.4, 0.5) is 0 Å². The van der Waals surface area contributed by atoms with Crippen LogP contribution in [0, 0.1) is 0 Å². The van der Waals surface area contributed by atoms with E-state index in [2.05, 4.69) is 26.1 Å². The van der Waals surface area contributed by atoms with Gasteiger partial charge in [0.2, 0.25) is 0 Å². The predicted molar refractivity (Wildman–Crippen MR) is 56.7 cm³/mol. The van der Waals surface area contributed by atoms with E-state index in [0.717, 1.165) is 19.3 Å². The fourth-order valence-corrected chi connectivity index (χ4v) is 1.39. The molecular weight excluding hydrogens is 164 g/mol. The zero-order valence-electron chi connectivity index (χ0n) is 9.14. The summed E-state index contributed by atoms with van der Waals surface area (Å²) >= 11 is 0. The molecule has 0 saturated heterocycles. The highest BCUT2D eigenvalue weighted by Gasteiger charge is 2.20. The molecular formula is C10H24N2O. The Kier molecular flexibility index (Phi) is 6.29. The number of nitrogens with one attached hydrogen (secondary N) is 1. The van der Waals surface area contributed by atoms with Gasteiger partial charge in [-0.1, -0.05) is 20.3 Å². The predicted octanol–water partition coefficient (Wildman–Crippen LogP) is 0.864. The van der Waals surface area contributed by atoms with Crippen LogP contribution in [-0.4, -0.2) is 29.8 Å². The highest BCUT2D eigenvalue weighted by molar-refractivity contribution is 4.82. The maximum Gasteiger partial charge on any atom is 0.0786 e. The quantitative estimate of drug-likeness (QED) is 0.555. The van der Waals surface area contributed by atoms with Crippen molar-refractivity contribution in [1.82, 2.24) is 5.32 Å². The molecule has 4 N–H and O–H groups in total. The van der Waals surface area contributed by atoms with Gasteiger partial charge in [0.15, 0.2) is 0 Å². The summed E-state index contributed by atoms with van der Waals surface area (Å²) in [5.41, 5.74) is 5.48. The zero-order valence-corrected chi connectivity index (χ0v) is 9.14. The summed E-state index contributed by atoms with van der Waals surface area (Å²) in [4.78, 5) is 0.